The summed E-state index contributed by atoms with van der Waals surface area (Å²) in [6.45, 7) is 3.49. The van der Waals surface area contributed by atoms with Crippen molar-refractivity contribution in [3.05, 3.63) is 17.2 Å². The summed E-state index contributed by atoms with van der Waals surface area (Å²) < 4.78 is 40.7. The van der Waals surface area contributed by atoms with Crippen LogP contribution >= 0.6 is 0 Å². The zero-order chi connectivity index (χ0) is 19.5. The van der Waals surface area contributed by atoms with Gasteiger partial charge in [-0.15, -0.1) is 0 Å². The van der Waals surface area contributed by atoms with Crippen LogP contribution in [0.4, 0.5) is 24.8 Å². The smallest absolute Gasteiger partial charge is 0.417 e. The molecule has 3 heterocycles. The van der Waals surface area contributed by atoms with Crippen LogP contribution in [0.5, 0.6) is 0 Å². The van der Waals surface area contributed by atoms with Gasteiger partial charge in [-0.25, -0.2) is 4.98 Å². The Labute approximate surface area is 154 Å². The van der Waals surface area contributed by atoms with Gasteiger partial charge in [0, 0.05) is 32.1 Å². The highest BCUT2D eigenvalue weighted by Gasteiger charge is 2.56. The van der Waals surface area contributed by atoms with E-state index in [4.69, 9.17) is 5.11 Å². The van der Waals surface area contributed by atoms with Crippen molar-refractivity contribution < 1.29 is 23.1 Å². The van der Waals surface area contributed by atoms with Gasteiger partial charge >= 0.3 is 12.1 Å². The van der Waals surface area contributed by atoms with Gasteiger partial charge in [-0.1, -0.05) is 0 Å². The zero-order valence-electron chi connectivity index (χ0n) is 14.7. The maximum Gasteiger partial charge on any atom is 0.417 e. The van der Waals surface area contributed by atoms with Gasteiger partial charge in [0.25, 0.3) is 0 Å². The van der Waals surface area contributed by atoms with Crippen LogP contribution < -0.4 is 9.80 Å². The molecule has 1 aromatic heterocycles. The van der Waals surface area contributed by atoms with Gasteiger partial charge in [0.1, 0.15) is 23.3 Å². The van der Waals surface area contributed by atoms with Crippen LogP contribution in [0.15, 0.2) is 6.07 Å². The van der Waals surface area contributed by atoms with Crippen molar-refractivity contribution in [2.45, 2.75) is 32.0 Å². The van der Waals surface area contributed by atoms with Gasteiger partial charge in [-0.2, -0.15) is 18.4 Å². The summed E-state index contributed by atoms with van der Waals surface area (Å²) in [5.41, 5.74) is -1.38. The standard InChI is InChI=1S/C18H19F3N4O2/c1-9-2-3-25(9)17-11(6-22)14(18(19,20)21)5-15(23-17)24-7-12-10(4-16(26)27)13(12)8-24/h5,9-10,12-13H,2-4,7-8H2,1H3,(H,26,27)/t9-,10?,12?,13?/m0/s1. The van der Waals surface area contributed by atoms with E-state index in [9.17, 15) is 23.2 Å². The highest BCUT2D eigenvalue weighted by atomic mass is 19.4. The first-order valence-electron chi connectivity index (χ1n) is 8.96. The lowest BCUT2D eigenvalue weighted by Gasteiger charge is -2.41. The second kappa shape index (κ2) is 6.01. The summed E-state index contributed by atoms with van der Waals surface area (Å²) in [4.78, 5) is 18.8. The Morgan fingerprint density at radius 2 is 2.07 bits per heavy atom. The van der Waals surface area contributed by atoms with Crippen LogP contribution in [-0.4, -0.2) is 41.7 Å². The Morgan fingerprint density at radius 3 is 2.52 bits per heavy atom. The maximum atomic E-state index is 13.6. The number of anilines is 2. The summed E-state index contributed by atoms with van der Waals surface area (Å²) in [7, 11) is 0. The molecule has 1 saturated carbocycles. The van der Waals surface area contributed by atoms with Crippen molar-refractivity contribution in [1.29, 1.82) is 5.26 Å². The van der Waals surface area contributed by atoms with E-state index in [2.05, 4.69) is 4.98 Å². The number of halogens is 3. The second-order valence-electron chi connectivity index (χ2n) is 7.66. The monoisotopic (exact) mass is 380 g/mol. The number of alkyl halides is 3. The number of nitrogens with zero attached hydrogens (tertiary/aromatic N) is 4. The molecule has 0 radical (unpaired) electrons. The SMILES string of the molecule is C[C@H]1CCN1c1nc(N2CC3C(CC(=O)O)C3C2)cc(C(F)(F)F)c1C#N. The van der Waals surface area contributed by atoms with E-state index in [1.807, 2.05) is 6.92 Å². The molecule has 2 unspecified atom stereocenters. The van der Waals surface area contributed by atoms with Gasteiger partial charge in [-0.3, -0.25) is 4.79 Å². The number of carbonyl (C=O) groups is 1. The Kier molecular flexibility index (Phi) is 3.98. The first kappa shape index (κ1) is 17.9. The van der Waals surface area contributed by atoms with E-state index >= 15 is 0 Å². The molecule has 144 valence electrons. The van der Waals surface area contributed by atoms with Crippen molar-refractivity contribution in [3.63, 3.8) is 0 Å². The highest BCUT2D eigenvalue weighted by molar-refractivity contribution is 5.68. The average Bonchev–Trinajstić information content (AvgIpc) is 3.02. The van der Waals surface area contributed by atoms with E-state index in [-0.39, 0.29) is 41.9 Å². The molecule has 1 aromatic rings. The molecule has 1 N–H and O–H groups in total. The molecular formula is C18H19F3N4O2. The summed E-state index contributed by atoms with van der Waals surface area (Å²) in [5, 5.41) is 18.3. The van der Waals surface area contributed by atoms with Crippen molar-refractivity contribution >= 4 is 17.6 Å². The van der Waals surface area contributed by atoms with Gasteiger partial charge < -0.3 is 14.9 Å². The number of nitriles is 1. The lowest BCUT2D eigenvalue weighted by Crippen LogP contribution is -2.47. The number of carboxylic acids is 1. The molecular weight excluding hydrogens is 361 g/mol. The van der Waals surface area contributed by atoms with Gasteiger partial charge in [0.15, 0.2) is 0 Å². The maximum absolute atomic E-state index is 13.6. The quantitative estimate of drug-likeness (QED) is 0.865. The number of hydrogen-bond donors (Lipinski definition) is 1. The van der Waals surface area contributed by atoms with Crippen molar-refractivity contribution in [2.75, 3.05) is 29.4 Å². The molecule has 3 fully saturated rings. The van der Waals surface area contributed by atoms with Gasteiger partial charge in [0.2, 0.25) is 0 Å². The first-order chi connectivity index (χ1) is 12.7. The molecule has 4 rings (SSSR count). The van der Waals surface area contributed by atoms with E-state index in [0.717, 1.165) is 12.5 Å². The fourth-order valence-corrected chi connectivity index (χ4v) is 4.39. The molecule has 0 aromatic carbocycles. The second-order valence-corrected chi connectivity index (χ2v) is 7.66. The Balaban J connectivity index is 1.65. The fourth-order valence-electron chi connectivity index (χ4n) is 4.39. The Morgan fingerprint density at radius 1 is 1.41 bits per heavy atom. The molecule has 27 heavy (non-hydrogen) atoms. The molecule has 2 aliphatic heterocycles. The number of piperidine rings is 1. The number of hydrogen-bond acceptors (Lipinski definition) is 5. The van der Waals surface area contributed by atoms with Crippen LogP contribution in [0.2, 0.25) is 0 Å². The third-order valence-corrected chi connectivity index (χ3v) is 6.10. The molecule has 0 spiro atoms. The number of pyridine rings is 1. The molecule has 0 amide bonds. The predicted molar refractivity (Wildman–Crippen MR) is 90.3 cm³/mol. The Bertz CT molecular complexity index is 823. The van der Waals surface area contributed by atoms with Crippen molar-refractivity contribution in [2.24, 2.45) is 17.8 Å². The number of fused-ring (bicyclic) bond motifs is 1. The number of aromatic nitrogens is 1. The van der Waals surface area contributed by atoms with Crippen LogP contribution in [0, 0.1) is 29.1 Å². The van der Waals surface area contributed by atoms with Crippen LogP contribution in [0.25, 0.3) is 0 Å². The summed E-state index contributed by atoms with van der Waals surface area (Å²) in [6, 6.07) is 2.71. The number of rotatable bonds is 4. The molecule has 1 aliphatic carbocycles. The largest absolute Gasteiger partial charge is 0.481 e. The first-order valence-corrected chi connectivity index (χ1v) is 8.96. The number of carboxylic acid groups (broad SMARTS) is 1. The Hall–Kier alpha value is -2.50. The lowest BCUT2D eigenvalue weighted by atomic mass is 10.0. The topological polar surface area (TPSA) is 80.5 Å². The predicted octanol–water partition coefficient (Wildman–Crippen LogP) is 2.73. The van der Waals surface area contributed by atoms with Gasteiger partial charge in [-0.05, 0) is 37.2 Å². The summed E-state index contributed by atoms with van der Waals surface area (Å²) in [5.74, 6) is -0.0288. The molecule has 0 bridgehead atoms. The zero-order valence-corrected chi connectivity index (χ0v) is 14.7. The minimum Gasteiger partial charge on any atom is -0.481 e. The molecule has 3 atom stereocenters. The van der Waals surface area contributed by atoms with E-state index in [1.54, 1.807) is 15.9 Å². The van der Waals surface area contributed by atoms with E-state index in [1.165, 1.54) is 0 Å². The van der Waals surface area contributed by atoms with Crippen LogP contribution in [0.3, 0.4) is 0 Å². The van der Waals surface area contributed by atoms with E-state index in [0.29, 0.717) is 19.6 Å². The van der Waals surface area contributed by atoms with Crippen molar-refractivity contribution in [1.82, 2.24) is 4.98 Å². The summed E-state index contributed by atoms with van der Waals surface area (Å²) in [6.07, 6.45) is -3.68. The van der Waals surface area contributed by atoms with E-state index < -0.39 is 23.3 Å². The number of aliphatic carboxylic acids is 1. The van der Waals surface area contributed by atoms with Crippen molar-refractivity contribution in [3.8, 4) is 6.07 Å². The highest BCUT2D eigenvalue weighted by Crippen LogP contribution is 2.54. The molecule has 9 heteroatoms. The summed E-state index contributed by atoms with van der Waals surface area (Å²) >= 11 is 0. The third kappa shape index (κ3) is 2.97. The normalized spacial score (nSPS) is 29.1. The van der Waals surface area contributed by atoms with Crippen LogP contribution in [-0.2, 0) is 11.0 Å². The molecule has 2 saturated heterocycles. The van der Waals surface area contributed by atoms with Crippen LogP contribution in [0.1, 0.15) is 30.9 Å². The fraction of sp³-hybridized carbons (Fsp3) is 0.611. The lowest BCUT2D eigenvalue weighted by molar-refractivity contribution is -0.138. The average molecular weight is 380 g/mol. The molecule has 6 nitrogen and oxygen atoms in total. The minimum atomic E-state index is -4.64. The molecule has 3 aliphatic rings. The third-order valence-electron chi connectivity index (χ3n) is 6.10. The minimum absolute atomic E-state index is 0.0489. The van der Waals surface area contributed by atoms with Gasteiger partial charge in [0.05, 0.1) is 5.56 Å².